The SMILES string of the molecule is BrCc1noc(CC2CCCCO2)n1. The van der Waals surface area contributed by atoms with Gasteiger partial charge in [0.05, 0.1) is 17.9 Å². The minimum absolute atomic E-state index is 0.271. The summed E-state index contributed by atoms with van der Waals surface area (Å²) in [5, 5.41) is 4.45. The molecule has 0 aliphatic carbocycles. The maximum Gasteiger partial charge on any atom is 0.229 e. The second kappa shape index (κ2) is 4.89. The van der Waals surface area contributed by atoms with Gasteiger partial charge < -0.3 is 9.26 Å². The molecule has 2 heterocycles. The van der Waals surface area contributed by atoms with Crippen LogP contribution in [0, 0.1) is 0 Å². The Morgan fingerprint density at radius 3 is 3.00 bits per heavy atom. The summed E-state index contributed by atoms with van der Waals surface area (Å²) in [6.07, 6.45) is 4.54. The molecule has 5 heteroatoms. The molecule has 0 spiro atoms. The Morgan fingerprint density at radius 1 is 1.43 bits per heavy atom. The summed E-state index contributed by atoms with van der Waals surface area (Å²) in [4.78, 5) is 4.22. The normalized spacial score (nSPS) is 22.5. The van der Waals surface area contributed by atoms with Crippen molar-refractivity contribution in [3.8, 4) is 0 Å². The fourth-order valence-electron chi connectivity index (χ4n) is 1.59. The molecule has 1 atom stereocenters. The van der Waals surface area contributed by atoms with Gasteiger partial charge in [0, 0.05) is 6.61 Å². The molecule has 14 heavy (non-hydrogen) atoms. The zero-order valence-electron chi connectivity index (χ0n) is 7.91. The number of nitrogens with zero attached hydrogens (tertiary/aromatic N) is 2. The first-order chi connectivity index (χ1) is 6.88. The zero-order valence-corrected chi connectivity index (χ0v) is 9.49. The minimum Gasteiger partial charge on any atom is -0.378 e. The third kappa shape index (κ3) is 2.54. The lowest BCUT2D eigenvalue weighted by Gasteiger charge is -2.20. The summed E-state index contributed by atoms with van der Waals surface area (Å²) in [6.45, 7) is 0.865. The highest BCUT2D eigenvalue weighted by Crippen LogP contribution is 2.16. The van der Waals surface area contributed by atoms with Crippen LogP contribution in [0.15, 0.2) is 4.52 Å². The molecule has 0 amide bonds. The molecule has 1 saturated heterocycles. The van der Waals surface area contributed by atoms with Crippen LogP contribution >= 0.6 is 15.9 Å². The van der Waals surface area contributed by atoms with Gasteiger partial charge in [-0.15, -0.1) is 0 Å². The topological polar surface area (TPSA) is 48.2 Å². The number of aromatic nitrogens is 2. The molecule has 0 saturated carbocycles. The largest absolute Gasteiger partial charge is 0.378 e. The second-order valence-electron chi connectivity index (χ2n) is 3.43. The molecular formula is C9H13BrN2O2. The molecule has 0 aromatic carbocycles. The Labute approximate surface area is 91.1 Å². The monoisotopic (exact) mass is 260 g/mol. The van der Waals surface area contributed by atoms with Gasteiger partial charge in [-0.3, -0.25) is 0 Å². The van der Waals surface area contributed by atoms with E-state index in [0.717, 1.165) is 19.4 Å². The lowest BCUT2D eigenvalue weighted by molar-refractivity contribution is 0.0124. The molecular weight excluding hydrogens is 248 g/mol. The van der Waals surface area contributed by atoms with E-state index < -0.39 is 0 Å². The van der Waals surface area contributed by atoms with Crippen molar-refractivity contribution in [2.45, 2.75) is 37.1 Å². The number of hydrogen-bond donors (Lipinski definition) is 0. The van der Waals surface area contributed by atoms with Gasteiger partial charge in [0.1, 0.15) is 0 Å². The highest BCUT2D eigenvalue weighted by atomic mass is 79.9. The van der Waals surface area contributed by atoms with Crippen LogP contribution in [0.2, 0.25) is 0 Å². The van der Waals surface area contributed by atoms with Crippen molar-refractivity contribution < 1.29 is 9.26 Å². The smallest absolute Gasteiger partial charge is 0.229 e. The number of alkyl halides is 1. The van der Waals surface area contributed by atoms with Crippen LogP contribution in [0.4, 0.5) is 0 Å². The predicted octanol–water partition coefficient (Wildman–Crippen LogP) is 2.08. The Hall–Kier alpha value is -0.420. The molecule has 0 radical (unpaired) electrons. The molecule has 78 valence electrons. The maximum absolute atomic E-state index is 5.59. The molecule has 1 aliphatic rings. The molecule has 1 fully saturated rings. The summed E-state index contributed by atoms with van der Waals surface area (Å²) in [7, 11) is 0. The van der Waals surface area contributed by atoms with Crippen LogP contribution in [0.25, 0.3) is 0 Å². The van der Waals surface area contributed by atoms with Crippen molar-refractivity contribution in [1.82, 2.24) is 10.1 Å². The van der Waals surface area contributed by atoms with Crippen molar-refractivity contribution in [2.75, 3.05) is 6.61 Å². The summed E-state index contributed by atoms with van der Waals surface area (Å²) in [6, 6.07) is 0. The summed E-state index contributed by atoms with van der Waals surface area (Å²) < 4.78 is 10.7. The van der Waals surface area contributed by atoms with Crippen LogP contribution in [0.5, 0.6) is 0 Å². The minimum atomic E-state index is 0.271. The Kier molecular flexibility index (Phi) is 3.53. The van der Waals surface area contributed by atoms with E-state index in [-0.39, 0.29) is 6.10 Å². The van der Waals surface area contributed by atoms with E-state index in [1.165, 1.54) is 12.8 Å². The first-order valence-corrected chi connectivity index (χ1v) is 5.99. The van der Waals surface area contributed by atoms with E-state index >= 15 is 0 Å². The van der Waals surface area contributed by atoms with Crippen LogP contribution < -0.4 is 0 Å². The van der Waals surface area contributed by atoms with Gasteiger partial charge >= 0.3 is 0 Å². The average Bonchev–Trinajstić information content (AvgIpc) is 2.67. The van der Waals surface area contributed by atoms with E-state index in [0.29, 0.717) is 17.0 Å². The molecule has 1 aliphatic heterocycles. The lowest BCUT2D eigenvalue weighted by atomic mass is 10.1. The molecule has 0 N–H and O–H groups in total. The zero-order chi connectivity index (χ0) is 9.80. The van der Waals surface area contributed by atoms with Crippen molar-refractivity contribution in [3.63, 3.8) is 0 Å². The van der Waals surface area contributed by atoms with E-state index in [2.05, 4.69) is 26.1 Å². The Morgan fingerprint density at radius 2 is 2.36 bits per heavy atom. The molecule has 0 bridgehead atoms. The van der Waals surface area contributed by atoms with Crippen LogP contribution in [0.3, 0.4) is 0 Å². The lowest BCUT2D eigenvalue weighted by Crippen LogP contribution is -2.21. The van der Waals surface area contributed by atoms with Gasteiger partial charge in [-0.1, -0.05) is 21.1 Å². The first-order valence-electron chi connectivity index (χ1n) is 4.87. The van der Waals surface area contributed by atoms with Gasteiger partial charge in [0.25, 0.3) is 0 Å². The Balaban J connectivity index is 1.89. The van der Waals surface area contributed by atoms with Crippen LogP contribution in [-0.4, -0.2) is 22.9 Å². The van der Waals surface area contributed by atoms with Gasteiger partial charge in [-0.25, -0.2) is 0 Å². The quantitative estimate of drug-likeness (QED) is 0.781. The number of halogens is 1. The summed E-state index contributed by atoms with van der Waals surface area (Å²) in [5.41, 5.74) is 0. The van der Waals surface area contributed by atoms with Gasteiger partial charge in [-0.05, 0) is 19.3 Å². The third-order valence-corrected chi connectivity index (χ3v) is 2.81. The average molecular weight is 261 g/mol. The standard InChI is InChI=1S/C9H13BrN2O2/c10-6-8-11-9(14-12-8)5-7-3-1-2-4-13-7/h7H,1-6H2. The molecule has 4 nitrogen and oxygen atoms in total. The fraction of sp³-hybridized carbons (Fsp3) is 0.778. The molecule has 2 rings (SSSR count). The van der Waals surface area contributed by atoms with E-state index in [1.54, 1.807) is 0 Å². The molecule has 1 aromatic rings. The van der Waals surface area contributed by atoms with Crippen molar-refractivity contribution in [2.24, 2.45) is 0 Å². The summed E-state index contributed by atoms with van der Waals surface area (Å²) in [5.74, 6) is 1.39. The number of hydrogen-bond acceptors (Lipinski definition) is 4. The van der Waals surface area contributed by atoms with Gasteiger partial charge in [-0.2, -0.15) is 4.98 Å². The highest BCUT2D eigenvalue weighted by molar-refractivity contribution is 9.08. The Bertz CT molecular complexity index is 284. The number of ether oxygens (including phenoxy) is 1. The third-order valence-electron chi connectivity index (χ3n) is 2.31. The van der Waals surface area contributed by atoms with E-state index in [1.807, 2.05) is 0 Å². The second-order valence-corrected chi connectivity index (χ2v) is 3.99. The summed E-state index contributed by atoms with van der Waals surface area (Å²) >= 11 is 3.28. The van der Waals surface area contributed by atoms with Crippen molar-refractivity contribution >= 4 is 15.9 Å². The van der Waals surface area contributed by atoms with E-state index in [9.17, 15) is 0 Å². The predicted molar refractivity (Wildman–Crippen MR) is 54.2 cm³/mol. The van der Waals surface area contributed by atoms with Crippen molar-refractivity contribution in [1.29, 1.82) is 0 Å². The number of rotatable bonds is 3. The molecule has 1 unspecified atom stereocenters. The van der Waals surface area contributed by atoms with Crippen LogP contribution in [-0.2, 0) is 16.5 Å². The van der Waals surface area contributed by atoms with Crippen LogP contribution in [0.1, 0.15) is 31.0 Å². The van der Waals surface area contributed by atoms with Gasteiger partial charge in [0.2, 0.25) is 5.89 Å². The highest BCUT2D eigenvalue weighted by Gasteiger charge is 2.17. The fourth-order valence-corrected chi connectivity index (χ4v) is 1.82. The van der Waals surface area contributed by atoms with E-state index in [4.69, 9.17) is 9.26 Å². The van der Waals surface area contributed by atoms with Crippen molar-refractivity contribution in [3.05, 3.63) is 11.7 Å². The molecule has 1 aromatic heterocycles. The first kappa shape index (κ1) is 10.1. The maximum atomic E-state index is 5.59. The van der Waals surface area contributed by atoms with Gasteiger partial charge in [0.15, 0.2) is 5.82 Å².